The molecule has 0 fully saturated rings. The van der Waals surface area contributed by atoms with Crippen LogP contribution >= 0.6 is 0 Å². The Hall–Kier alpha value is -4.10. The standard InChI is InChI=1S/C25H21F3N6O/c1-33(2)12-14-3-4-17(23(28)22(14)27)19-11-31-25(34-13-15(9-29)32-24(19)34)30-10-18-16-7-8-35-21(16)6-5-20(18)26/h3-6,11,13H,7-8,10,12H2,1-2H3,(H,30,31). The van der Waals surface area contributed by atoms with Gasteiger partial charge in [0.15, 0.2) is 23.0 Å². The molecule has 0 saturated carbocycles. The third-order valence-corrected chi connectivity index (χ3v) is 5.91. The molecule has 1 aliphatic rings. The molecular formula is C25H21F3N6O. The molecule has 0 atom stereocenters. The Kier molecular flexibility index (Phi) is 5.78. The normalized spacial score (nSPS) is 12.6. The van der Waals surface area contributed by atoms with E-state index in [1.807, 2.05) is 6.07 Å². The van der Waals surface area contributed by atoms with Gasteiger partial charge in [0, 0.05) is 53.5 Å². The summed E-state index contributed by atoms with van der Waals surface area (Å²) >= 11 is 0. The van der Waals surface area contributed by atoms with Crippen molar-refractivity contribution in [2.24, 2.45) is 0 Å². The highest BCUT2D eigenvalue weighted by Gasteiger charge is 2.22. The maximum atomic E-state index is 15.1. The van der Waals surface area contributed by atoms with Gasteiger partial charge in [-0.05, 0) is 26.2 Å². The Balaban J connectivity index is 1.54. The van der Waals surface area contributed by atoms with Crippen molar-refractivity contribution in [3.8, 4) is 22.9 Å². The molecule has 2 aromatic carbocycles. The molecule has 0 unspecified atom stereocenters. The fraction of sp³-hybridized carbons (Fsp3) is 0.240. The molecule has 0 radical (unpaired) electrons. The molecule has 2 aromatic heterocycles. The van der Waals surface area contributed by atoms with Crippen molar-refractivity contribution < 1.29 is 17.9 Å². The number of rotatable bonds is 6. The Morgan fingerprint density at radius 1 is 1.14 bits per heavy atom. The van der Waals surface area contributed by atoms with Gasteiger partial charge in [-0.2, -0.15) is 5.26 Å². The molecule has 5 rings (SSSR count). The van der Waals surface area contributed by atoms with Gasteiger partial charge in [0.05, 0.1) is 12.8 Å². The molecule has 10 heteroatoms. The minimum absolute atomic E-state index is 0.0202. The topological polar surface area (TPSA) is 78.5 Å². The molecule has 1 N–H and O–H groups in total. The van der Waals surface area contributed by atoms with Crippen molar-refractivity contribution in [1.29, 1.82) is 5.26 Å². The quantitative estimate of drug-likeness (QED) is 0.446. The zero-order valence-corrected chi connectivity index (χ0v) is 19.1. The van der Waals surface area contributed by atoms with E-state index in [-0.39, 0.29) is 52.9 Å². The van der Waals surface area contributed by atoms with Crippen molar-refractivity contribution in [2.45, 2.75) is 19.5 Å². The number of hydrogen-bond donors (Lipinski definition) is 1. The number of nitriles is 1. The molecule has 0 amide bonds. The largest absolute Gasteiger partial charge is 0.493 e. The highest BCUT2D eigenvalue weighted by Crippen LogP contribution is 2.32. The van der Waals surface area contributed by atoms with Crippen LogP contribution in [0.4, 0.5) is 19.1 Å². The van der Waals surface area contributed by atoms with Crippen LogP contribution in [-0.2, 0) is 19.5 Å². The minimum atomic E-state index is -1.02. The van der Waals surface area contributed by atoms with Gasteiger partial charge in [-0.15, -0.1) is 0 Å². The lowest BCUT2D eigenvalue weighted by molar-refractivity contribution is 0.356. The Bertz CT molecular complexity index is 1490. The third kappa shape index (κ3) is 4.04. The highest BCUT2D eigenvalue weighted by atomic mass is 19.2. The van der Waals surface area contributed by atoms with Crippen LogP contribution in [0.1, 0.15) is 22.4 Å². The zero-order chi connectivity index (χ0) is 24.7. The Labute approximate surface area is 199 Å². The smallest absolute Gasteiger partial charge is 0.208 e. The van der Waals surface area contributed by atoms with Crippen LogP contribution in [0, 0.1) is 28.8 Å². The lowest BCUT2D eigenvalue weighted by atomic mass is 10.0. The van der Waals surface area contributed by atoms with Crippen LogP contribution in [0.5, 0.6) is 5.75 Å². The van der Waals surface area contributed by atoms with Crippen molar-refractivity contribution >= 4 is 11.6 Å². The van der Waals surface area contributed by atoms with E-state index in [2.05, 4.69) is 15.3 Å². The Morgan fingerprint density at radius 3 is 2.74 bits per heavy atom. The first kappa shape index (κ1) is 22.7. The van der Waals surface area contributed by atoms with Crippen LogP contribution in [0.25, 0.3) is 16.8 Å². The highest BCUT2D eigenvalue weighted by molar-refractivity contribution is 5.79. The lowest BCUT2D eigenvalue weighted by Gasteiger charge is -2.15. The molecule has 0 spiro atoms. The molecule has 178 valence electrons. The third-order valence-electron chi connectivity index (χ3n) is 5.91. The number of hydrogen-bond acceptors (Lipinski definition) is 6. The zero-order valence-electron chi connectivity index (χ0n) is 19.1. The number of aromatic nitrogens is 3. The number of fused-ring (bicyclic) bond motifs is 2. The number of anilines is 1. The summed E-state index contributed by atoms with van der Waals surface area (Å²) in [7, 11) is 3.53. The van der Waals surface area contributed by atoms with Gasteiger partial charge in [-0.1, -0.05) is 12.1 Å². The summed E-state index contributed by atoms with van der Waals surface area (Å²) in [6.07, 6.45) is 3.41. The van der Waals surface area contributed by atoms with E-state index in [4.69, 9.17) is 4.74 Å². The van der Waals surface area contributed by atoms with E-state index in [1.165, 1.54) is 35.0 Å². The summed E-state index contributed by atoms with van der Waals surface area (Å²) in [5.41, 5.74) is 1.99. The summed E-state index contributed by atoms with van der Waals surface area (Å²) in [4.78, 5) is 10.4. The maximum Gasteiger partial charge on any atom is 0.208 e. The second-order valence-corrected chi connectivity index (χ2v) is 8.52. The number of nitrogens with one attached hydrogen (secondary N) is 1. The number of benzene rings is 2. The molecule has 0 saturated heterocycles. The summed E-state index contributed by atoms with van der Waals surface area (Å²) in [6, 6.07) is 7.92. The van der Waals surface area contributed by atoms with Crippen LogP contribution < -0.4 is 10.1 Å². The van der Waals surface area contributed by atoms with Crippen LogP contribution in [-0.4, -0.2) is 40.0 Å². The van der Waals surface area contributed by atoms with Gasteiger partial charge in [0.2, 0.25) is 5.95 Å². The van der Waals surface area contributed by atoms with E-state index in [1.54, 1.807) is 25.1 Å². The first-order valence-corrected chi connectivity index (χ1v) is 10.9. The SMILES string of the molecule is CN(C)Cc1ccc(-c2cnc(NCc3c(F)ccc4c3CCO4)n3cc(C#N)nc23)c(F)c1F. The molecular weight excluding hydrogens is 457 g/mol. The average Bonchev–Trinajstić information content (AvgIpc) is 3.49. The van der Waals surface area contributed by atoms with E-state index in [0.717, 1.165) is 5.56 Å². The van der Waals surface area contributed by atoms with Crippen LogP contribution in [0.15, 0.2) is 36.7 Å². The predicted octanol–water partition coefficient (Wildman–Crippen LogP) is 4.29. The van der Waals surface area contributed by atoms with Gasteiger partial charge in [0.1, 0.15) is 17.6 Å². The van der Waals surface area contributed by atoms with Gasteiger partial charge in [0.25, 0.3) is 0 Å². The summed E-state index contributed by atoms with van der Waals surface area (Å²) < 4.78 is 51.4. The van der Waals surface area contributed by atoms with Crippen LogP contribution in [0.3, 0.4) is 0 Å². The van der Waals surface area contributed by atoms with E-state index in [9.17, 15) is 14.0 Å². The molecule has 0 bridgehead atoms. The summed E-state index contributed by atoms with van der Waals surface area (Å²) in [5, 5.41) is 12.5. The van der Waals surface area contributed by atoms with E-state index >= 15 is 4.39 Å². The van der Waals surface area contributed by atoms with Gasteiger partial charge in [-0.25, -0.2) is 23.1 Å². The summed E-state index contributed by atoms with van der Waals surface area (Å²) in [6.45, 7) is 0.847. The molecule has 35 heavy (non-hydrogen) atoms. The molecule has 3 heterocycles. The van der Waals surface area contributed by atoms with Crippen molar-refractivity contribution in [3.63, 3.8) is 0 Å². The lowest BCUT2D eigenvalue weighted by Crippen LogP contribution is -2.13. The first-order valence-electron chi connectivity index (χ1n) is 10.9. The van der Waals surface area contributed by atoms with Gasteiger partial charge in [-0.3, -0.25) is 4.40 Å². The number of halogens is 3. The van der Waals surface area contributed by atoms with Crippen LogP contribution in [0.2, 0.25) is 0 Å². The minimum Gasteiger partial charge on any atom is -0.493 e. The molecule has 1 aliphatic heterocycles. The van der Waals surface area contributed by atoms with Crippen molar-refractivity contribution in [3.05, 3.63) is 76.5 Å². The second-order valence-electron chi connectivity index (χ2n) is 8.52. The van der Waals surface area contributed by atoms with Crippen molar-refractivity contribution in [2.75, 3.05) is 26.0 Å². The van der Waals surface area contributed by atoms with Crippen molar-refractivity contribution in [1.82, 2.24) is 19.3 Å². The average molecular weight is 478 g/mol. The molecule has 4 aromatic rings. The first-order chi connectivity index (χ1) is 16.9. The molecule has 7 nitrogen and oxygen atoms in total. The van der Waals surface area contributed by atoms with E-state index < -0.39 is 11.6 Å². The second kappa shape index (κ2) is 8.92. The van der Waals surface area contributed by atoms with Gasteiger partial charge >= 0.3 is 0 Å². The van der Waals surface area contributed by atoms with E-state index in [0.29, 0.717) is 24.3 Å². The van der Waals surface area contributed by atoms with Gasteiger partial charge < -0.3 is 15.0 Å². The fourth-order valence-electron chi connectivity index (χ4n) is 4.29. The number of nitrogens with zero attached hydrogens (tertiary/aromatic N) is 5. The number of ether oxygens (including phenoxy) is 1. The molecule has 0 aliphatic carbocycles. The fourth-order valence-corrected chi connectivity index (χ4v) is 4.29. The maximum absolute atomic E-state index is 15.1. The predicted molar refractivity (Wildman–Crippen MR) is 123 cm³/mol. The number of imidazole rings is 1. The summed E-state index contributed by atoms with van der Waals surface area (Å²) in [5.74, 6) is -1.40. The monoisotopic (exact) mass is 478 g/mol. The Morgan fingerprint density at radius 2 is 1.97 bits per heavy atom.